The van der Waals surface area contributed by atoms with Crippen molar-refractivity contribution in [2.75, 3.05) is 19.3 Å². The summed E-state index contributed by atoms with van der Waals surface area (Å²) in [6.45, 7) is 7.87. The van der Waals surface area contributed by atoms with Crippen LogP contribution in [0.3, 0.4) is 0 Å². The van der Waals surface area contributed by atoms with Crippen LogP contribution in [0.25, 0.3) is 0 Å². The van der Waals surface area contributed by atoms with Gasteiger partial charge in [0.05, 0.1) is 0 Å². The largest absolute Gasteiger partial charge is 0.348 e. The monoisotopic (exact) mass is 342 g/mol. The topological polar surface area (TPSA) is 32.3 Å². The zero-order valence-electron chi connectivity index (χ0n) is 14.7. The SMILES string of the molecule is CCN(CC)Cc1ccccc1CNC(=O)c1ccc(SC)cc1. The number of nitrogens with one attached hydrogen (secondary N) is 1. The average Bonchev–Trinajstić information content (AvgIpc) is 2.65. The van der Waals surface area contributed by atoms with Crippen molar-refractivity contribution < 1.29 is 4.79 Å². The molecule has 0 unspecified atom stereocenters. The molecule has 2 aromatic carbocycles. The van der Waals surface area contributed by atoms with Crippen molar-refractivity contribution in [3.05, 3.63) is 65.2 Å². The number of benzene rings is 2. The van der Waals surface area contributed by atoms with Crippen molar-refractivity contribution in [2.24, 2.45) is 0 Å². The number of nitrogens with zero attached hydrogens (tertiary/aromatic N) is 1. The van der Waals surface area contributed by atoms with Crippen molar-refractivity contribution >= 4 is 17.7 Å². The lowest BCUT2D eigenvalue weighted by atomic mass is 10.1. The Labute approximate surface area is 149 Å². The van der Waals surface area contributed by atoms with Gasteiger partial charge in [-0.2, -0.15) is 0 Å². The van der Waals surface area contributed by atoms with Gasteiger partial charge in [0.25, 0.3) is 5.91 Å². The first-order valence-electron chi connectivity index (χ1n) is 8.39. The molecule has 0 fully saturated rings. The minimum absolute atomic E-state index is 0.0275. The summed E-state index contributed by atoms with van der Waals surface area (Å²) < 4.78 is 0. The van der Waals surface area contributed by atoms with Gasteiger partial charge in [0.15, 0.2) is 0 Å². The normalized spacial score (nSPS) is 10.8. The van der Waals surface area contributed by atoms with Crippen LogP contribution in [0.1, 0.15) is 35.3 Å². The molecule has 2 rings (SSSR count). The minimum atomic E-state index is -0.0275. The molecule has 0 aromatic heterocycles. The van der Waals surface area contributed by atoms with Crippen LogP contribution in [0.15, 0.2) is 53.4 Å². The van der Waals surface area contributed by atoms with E-state index < -0.39 is 0 Å². The van der Waals surface area contributed by atoms with E-state index in [9.17, 15) is 4.79 Å². The van der Waals surface area contributed by atoms with Crippen molar-refractivity contribution in [1.82, 2.24) is 10.2 Å². The molecule has 0 saturated heterocycles. The van der Waals surface area contributed by atoms with Crippen LogP contribution in [-0.2, 0) is 13.1 Å². The number of amides is 1. The molecule has 0 spiro atoms. The van der Waals surface area contributed by atoms with Gasteiger partial charge in [-0.25, -0.2) is 0 Å². The van der Waals surface area contributed by atoms with Crippen LogP contribution >= 0.6 is 11.8 Å². The summed E-state index contributed by atoms with van der Waals surface area (Å²) in [5.74, 6) is -0.0275. The third kappa shape index (κ3) is 5.11. The predicted molar refractivity (Wildman–Crippen MR) is 102 cm³/mol. The summed E-state index contributed by atoms with van der Waals surface area (Å²) in [5.41, 5.74) is 3.16. The fraction of sp³-hybridized carbons (Fsp3) is 0.350. The van der Waals surface area contributed by atoms with E-state index >= 15 is 0 Å². The smallest absolute Gasteiger partial charge is 0.251 e. The molecule has 0 aliphatic carbocycles. The highest BCUT2D eigenvalue weighted by Gasteiger charge is 2.09. The van der Waals surface area contributed by atoms with Crippen LogP contribution in [0, 0.1) is 0 Å². The molecule has 0 bridgehead atoms. The first kappa shape index (κ1) is 18.6. The summed E-state index contributed by atoms with van der Waals surface area (Å²) in [4.78, 5) is 15.9. The number of rotatable bonds is 8. The van der Waals surface area contributed by atoms with Crippen molar-refractivity contribution in [2.45, 2.75) is 31.8 Å². The molecule has 1 N–H and O–H groups in total. The Bertz CT molecular complexity index is 651. The maximum Gasteiger partial charge on any atom is 0.251 e. The van der Waals surface area contributed by atoms with E-state index in [1.54, 1.807) is 11.8 Å². The molecule has 1 amide bonds. The van der Waals surface area contributed by atoms with Crippen LogP contribution in [-0.4, -0.2) is 30.2 Å². The highest BCUT2D eigenvalue weighted by atomic mass is 32.2. The standard InChI is InChI=1S/C20H26N2OS/c1-4-22(5-2)15-18-9-7-6-8-17(18)14-21-20(23)16-10-12-19(24-3)13-11-16/h6-13H,4-5,14-15H2,1-3H3,(H,21,23). The Hall–Kier alpha value is -1.78. The van der Waals surface area contributed by atoms with Crippen molar-refractivity contribution in [3.8, 4) is 0 Å². The third-order valence-corrected chi connectivity index (χ3v) is 4.94. The number of hydrogen-bond donors (Lipinski definition) is 1. The second-order valence-electron chi connectivity index (χ2n) is 5.64. The molecule has 2 aromatic rings. The molecule has 0 aliphatic heterocycles. The van der Waals surface area contributed by atoms with E-state index in [-0.39, 0.29) is 5.91 Å². The maximum absolute atomic E-state index is 12.3. The first-order valence-corrected chi connectivity index (χ1v) is 9.61. The molecule has 0 radical (unpaired) electrons. The number of carbonyl (C=O) groups is 1. The van der Waals surface area contributed by atoms with E-state index in [0.717, 1.165) is 24.5 Å². The third-order valence-electron chi connectivity index (χ3n) is 4.20. The highest BCUT2D eigenvalue weighted by molar-refractivity contribution is 7.98. The molecular weight excluding hydrogens is 316 g/mol. The van der Waals surface area contributed by atoms with Crippen LogP contribution in [0.5, 0.6) is 0 Å². The van der Waals surface area contributed by atoms with Crippen LogP contribution in [0.4, 0.5) is 0 Å². The number of carbonyl (C=O) groups excluding carboxylic acids is 1. The van der Waals surface area contributed by atoms with Gasteiger partial charge in [0.1, 0.15) is 0 Å². The lowest BCUT2D eigenvalue weighted by Gasteiger charge is -2.20. The summed E-state index contributed by atoms with van der Waals surface area (Å²) in [6.07, 6.45) is 2.03. The summed E-state index contributed by atoms with van der Waals surface area (Å²) in [7, 11) is 0. The quantitative estimate of drug-likeness (QED) is 0.731. The van der Waals surface area contributed by atoms with E-state index in [1.807, 2.05) is 36.6 Å². The van der Waals surface area contributed by atoms with E-state index in [0.29, 0.717) is 12.1 Å². The maximum atomic E-state index is 12.3. The van der Waals surface area contributed by atoms with E-state index in [2.05, 4.69) is 42.3 Å². The fourth-order valence-corrected chi connectivity index (χ4v) is 3.00. The van der Waals surface area contributed by atoms with Gasteiger partial charge in [-0.3, -0.25) is 9.69 Å². The predicted octanol–water partition coefficient (Wildman–Crippen LogP) is 4.18. The van der Waals surface area contributed by atoms with Gasteiger partial charge in [-0.1, -0.05) is 38.1 Å². The van der Waals surface area contributed by atoms with E-state index in [1.165, 1.54) is 11.1 Å². The second-order valence-corrected chi connectivity index (χ2v) is 6.52. The lowest BCUT2D eigenvalue weighted by Crippen LogP contribution is -2.26. The Morgan fingerprint density at radius 2 is 1.62 bits per heavy atom. The van der Waals surface area contributed by atoms with Crippen molar-refractivity contribution in [1.29, 1.82) is 0 Å². The molecular formula is C20H26N2OS. The van der Waals surface area contributed by atoms with Crippen LogP contribution < -0.4 is 5.32 Å². The number of thioether (sulfide) groups is 1. The average molecular weight is 343 g/mol. The lowest BCUT2D eigenvalue weighted by molar-refractivity contribution is 0.0950. The van der Waals surface area contributed by atoms with Gasteiger partial charge in [0.2, 0.25) is 0 Å². The number of hydrogen-bond acceptors (Lipinski definition) is 3. The minimum Gasteiger partial charge on any atom is -0.348 e. The highest BCUT2D eigenvalue weighted by Crippen LogP contribution is 2.15. The van der Waals surface area contributed by atoms with Gasteiger partial charge >= 0.3 is 0 Å². The molecule has 0 atom stereocenters. The zero-order chi connectivity index (χ0) is 17.4. The molecule has 0 aliphatic rings. The van der Waals surface area contributed by atoms with E-state index in [4.69, 9.17) is 0 Å². The summed E-state index contributed by atoms with van der Waals surface area (Å²) in [5, 5.41) is 3.04. The molecule has 0 heterocycles. The van der Waals surface area contributed by atoms with Crippen molar-refractivity contribution in [3.63, 3.8) is 0 Å². The molecule has 3 nitrogen and oxygen atoms in total. The Morgan fingerprint density at radius 1 is 1.00 bits per heavy atom. The zero-order valence-corrected chi connectivity index (χ0v) is 15.5. The van der Waals surface area contributed by atoms with Gasteiger partial charge in [-0.15, -0.1) is 11.8 Å². The Morgan fingerprint density at radius 3 is 2.21 bits per heavy atom. The van der Waals surface area contributed by atoms with Gasteiger partial charge in [-0.05, 0) is 54.7 Å². The molecule has 128 valence electrons. The van der Waals surface area contributed by atoms with Gasteiger partial charge < -0.3 is 5.32 Å². The molecule has 4 heteroatoms. The molecule has 24 heavy (non-hydrogen) atoms. The first-order chi connectivity index (χ1) is 11.7. The second kappa shape index (κ2) is 9.50. The van der Waals surface area contributed by atoms with Crippen LogP contribution in [0.2, 0.25) is 0 Å². The fourth-order valence-electron chi connectivity index (χ4n) is 2.59. The van der Waals surface area contributed by atoms with Gasteiger partial charge in [0, 0.05) is 23.5 Å². The Kier molecular flexibility index (Phi) is 7.35. The Balaban J connectivity index is 2.01. The summed E-state index contributed by atoms with van der Waals surface area (Å²) >= 11 is 1.67. The summed E-state index contributed by atoms with van der Waals surface area (Å²) in [6, 6.07) is 16.0. The molecule has 0 saturated carbocycles.